The zero-order valence-corrected chi connectivity index (χ0v) is 13.4. The standard InChI is InChI=1S/C14H19ClN2O3S/c1-10-6-11(7-16)8-17(10)14(18)9-21(19,20)13-4-2-12(15)3-5-13/h2-5,10-11H,6-9,16H2,1H3. The van der Waals surface area contributed by atoms with Crippen molar-refractivity contribution in [1.29, 1.82) is 0 Å². The van der Waals surface area contributed by atoms with E-state index in [0.29, 0.717) is 18.1 Å². The number of hydrogen-bond acceptors (Lipinski definition) is 4. The Morgan fingerprint density at radius 2 is 2.00 bits per heavy atom. The summed E-state index contributed by atoms with van der Waals surface area (Å²) >= 11 is 5.74. The number of hydrogen-bond donors (Lipinski definition) is 1. The molecule has 1 aromatic carbocycles. The van der Waals surface area contributed by atoms with E-state index < -0.39 is 15.6 Å². The third-order valence-electron chi connectivity index (χ3n) is 3.80. The third kappa shape index (κ3) is 3.75. The van der Waals surface area contributed by atoms with E-state index >= 15 is 0 Å². The second-order valence-electron chi connectivity index (χ2n) is 5.45. The zero-order chi connectivity index (χ0) is 15.6. The first-order valence-electron chi connectivity index (χ1n) is 6.81. The quantitative estimate of drug-likeness (QED) is 0.902. The predicted octanol–water partition coefficient (Wildman–Crippen LogP) is 1.31. The monoisotopic (exact) mass is 330 g/mol. The van der Waals surface area contributed by atoms with Crippen molar-refractivity contribution in [3.63, 3.8) is 0 Å². The van der Waals surface area contributed by atoms with Crippen LogP contribution in [0.1, 0.15) is 13.3 Å². The normalized spacial score (nSPS) is 22.5. The Labute approximate surface area is 130 Å². The van der Waals surface area contributed by atoms with Crippen LogP contribution in [0.4, 0.5) is 0 Å². The van der Waals surface area contributed by atoms with Crippen LogP contribution in [0.15, 0.2) is 29.2 Å². The summed E-state index contributed by atoms with van der Waals surface area (Å²) < 4.78 is 24.5. The highest BCUT2D eigenvalue weighted by atomic mass is 35.5. The Balaban J connectivity index is 2.10. The van der Waals surface area contributed by atoms with E-state index in [1.54, 1.807) is 4.90 Å². The van der Waals surface area contributed by atoms with Crippen LogP contribution in [0.2, 0.25) is 5.02 Å². The van der Waals surface area contributed by atoms with Crippen molar-refractivity contribution in [2.75, 3.05) is 18.8 Å². The van der Waals surface area contributed by atoms with Gasteiger partial charge >= 0.3 is 0 Å². The van der Waals surface area contributed by atoms with E-state index in [1.807, 2.05) is 6.92 Å². The fourth-order valence-corrected chi connectivity index (χ4v) is 3.97. The van der Waals surface area contributed by atoms with E-state index in [4.69, 9.17) is 17.3 Å². The number of likely N-dealkylation sites (tertiary alicyclic amines) is 1. The fraction of sp³-hybridized carbons (Fsp3) is 0.500. The van der Waals surface area contributed by atoms with E-state index in [2.05, 4.69) is 0 Å². The number of carbonyl (C=O) groups is 1. The molecule has 2 unspecified atom stereocenters. The highest BCUT2D eigenvalue weighted by Crippen LogP contribution is 2.23. The lowest BCUT2D eigenvalue weighted by Gasteiger charge is -2.21. The average molecular weight is 331 g/mol. The van der Waals surface area contributed by atoms with Crippen LogP contribution in [0.5, 0.6) is 0 Å². The van der Waals surface area contributed by atoms with Crippen molar-refractivity contribution in [2.45, 2.75) is 24.3 Å². The first kappa shape index (κ1) is 16.3. The number of nitrogens with two attached hydrogens (primary N) is 1. The minimum Gasteiger partial charge on any atom is -0.339 e. The second-order valence-corrected chi connectivity index (χ2v) is 7.87. The molecule has 1 heterocycles. The van der Waals surface area contributed by atoms with Crippen LogP contribution in [-0.4, -0.2) is 44.1 Å². The minimum absolute atomic E-state index is 0.0338. The number of benzene rings is 1. The first-order chi connectivity index (χ1) is 9.83. The SMILES string of the molecule is CC1CC(CN)CN1C(=O)CS(=O)(=O)c1ccc(Cl)cc1. The fourth-order valence-electron chi connectivity index (χ4n) is 2.63. The summed E-state index contributed by atoms with van der Waals surface area (Å²) in [6, 6.07) is 5.87. The van der Waals surface area contributed by atoms with Crippen molar-refractivity contribution < 1.29 is 13.2 Å². The molecular formula is C14H19ClN2O3S. The molecule has 1 aliphatic heterocycles. The van der Waals surface area contributed by atoms with E-state index in [9.17, 15) is 13.2 Å². The van der Waals surface area contributed by atoms with Crippen LogP contribution >= 0.6 is 11.6 Å². The molecule has 0 aliphatic carbocycles. The Bertz CT molecular complexity index is 616. The molecule has 0 spiro atoms. The van der Waals surface area contributed by atoms with Gasteiger partial charge in [-0.1, -0.05) is 11.6 Å². The van der Waals surface area contributed by atoms with E-state index in [0.717, 1.165) is 6.42 Å². The molecule has 1 saturated heterocycles. The Kier molecular flexibility index (Phi) is 4.91. The molecule has 0 bridgehead atoms. The lowest BCUT2D eigenvalue weighted by atomic mass is 10.1. The molecule has 116 valence electrons. The largest absolute Gasteiger partial charge is 0.339 e. The summed E-state index contributed by atoms with van der Waals surface area (Å²) in [5.74, 6) is -0.633. The average Bonchev–Trinajstić information content (AvgIpc) is 2.80. The van der Waals surface area contributed by atoms with Crippen molar-refractivity contribution in [2.24, 2.45) is 11.7 Å². The molecule has 1 fully saturated rings. The third-order valence-corrected chi connectivity index (χ3v) is 5.67. The first-order valence-corrected chi connectivity index (χ1v) is 8.84. The molecule has 1 aliphatic rings. The Morgan fingerprint density at radius 3 is 2.52 bits per heavy atom. The molecule has 2 rings (SSSR count). The van der Waals surface area contributed by atoms with Crippen molar-refractivity contribution in [1.82, 2.24) is 4.90 Å². The molecule has 2 atom stereocenters. The van der Waals surface area contributed by atoms with Crippen LogP contribution in [-0.2, 0) is 14.6 Å². The van der Waals surface area contributed by atoms with E-state index in [1.165, 1.54) is 24.3 Å². The summed E-state index contributed by atoms with van der Waals surface area (Å²) in [4.78, 5) is 14.0. The molecule has 0 saturated carbocycles. The number of rotatable bonds is 4. The van der Waals surface area contributed by atoms with Gasteiger partial charge in [-0.15, -0.1) is 0 Å². The summed E-state index contributed by atoms with van der Waals surface area (Å²) in [7, 11) is -3.64. The van der Waals surface area contributed by atoms with Crippen molar-refractivity contribution in [3.05, 3.63) is 29.3 Å². The van der Waals surface area contributed by atoms with Gasteiger partial charge in [-0.2, -0.15) is 0 Å². The number of nitrogens with zero attached hydrogens (tertiary/aromatic N) is 1. The molecule has 0 radical (unpaired) electrons. The van der Waals surface area contributed by atoms with Crippen LogP contribution in [0.25, 0.3) is 0 Å². The highest BCUT2D eigenvalue weighted by molar-refractivity contribution is 7.92. The van der Waals surface area contributed by atoms with Gasteiger partial charge in [-0.05, 0) is 50.1 Å². The topological polar surface area (TPSA) is 80.5 Å². The minimum atomic E-state index is -3.64. The smallest absolute Gasteiger partial charge is 0.238 e. The van der Waals surface area contributed by atoms with Crippen molar-refractivity contribution >= 4 is 27.3 Å². The van der Waals surface area contributed by atoms with Gasteiger partial charge in [0.15, 0.2) is 9.84 Å². The Morgan fingerprint density at radius 1 is 1.38 bits per heavy atom. The molecule has 1 amide bonds. The van der Waals surface area contributed by atoms with Gasteiger partial charge in [0.1, 0.15) is 5.75 Å². The van der Waals surface area contributed by atoms with Gasteiger partial charge in [-0.3, -0.25) is 4.79 Å². The maximum Gasteiger partial charge on any atom is 0.238 e. The summed E-state index contributed by atoms with van der Waals surface area (Å²) in [6.07, 6.45) is 0.823. The van der Waals surface area contributed by atoms with Gasteiger partial charge in [-0.25, -0.2) is 8.42 Å². The van der Waals surface area contributed by atoms with Gasteiger partial charge in [0.05, 0.1) is 4.90 Å². The van der Waals surface area contributed by atoms with Crippen LogP contribution < -0.4 is 5.73 Å². The zero-order valence-electron chi connectivity index (χ0n) is 11.8. The molecule has 21 heavy (non-hydrogen) atoms. The molecule has 7 heteroatoms. The number of halogens is 1. The summed E-state index contributed by atoms with van der Waals surface area (Å²) in [6.45, 7) is 2.97. The molecule has 0 aromatic heterocycles. The van der Waals surface area contributed by atoms with Crippen LogP contribution in [0, 0.1) is 5.92 Å². The molecule has 5 nitrogen and oxygen atoms in total. The van der Waals surface area contributed by atoms with Gasteiger partial charge in [0.25, 0.3) is 0 Å². The van der Waals surface area contributed by atoms with Gasteiger partial charge in [0, 0.05) is 17.6 Å². The van der Waals surface area contributed by atoms with Crippen molar-refractivity contribution in [3.8, 4) is 0 Å². The van der Waals surface area contributed by atoms with Crippen LogP contribution in [0.3, 0.4) is 0 Å². The Hall–Kier alpha value is -1.11. The summed E-state index contributed by atoms with van der Waals surface area (Å²) in [5.41, 5.74) is 5.62. The predicted molar refractivity (Wildman–Crippen MR) is 81.8 cm³/mol. The molecular weight excluding hydrogens is 312 g/mol. The maximum atomic E-state index is 12.3. The van der Waals surface area contributed by atoms with E-state index in [-0.39, 0.29) is 22.8 Å². The lowest BCUT2D eigenvalue weighted by Crippen LogP contribution is -2.38. The number of amides is 1. The highest BCUT2D eigenvalue weighted by Gasteiger charge is 2.33. The molecule has 1 aromatic rings. The second kappa shape index (κ2) is 6.34. The maximum absolute atomic E-state index is 12.3. The van der Waals surface area contributed by atoms with Gasteiger partial charge in [0.2, 0.25) is 5.91 Å². The summed E-state index contributed by atoms with van der Waals surface area (Å²) in [5, 5.41) is 0.458. The lowest BCUT2D eigenvalue weighted by molar-refractivity contribution is -0.129. The number of carbonyl (C=O) groups excluding carboxylic acids is 1. The molecule has 2 N–H and O–H groups in total. The van der Waals surface area contributed by atoms with Gasteiger partial charge < -0.3 is 10.6 Å². The number of sulfone groups is 1.